The third-order valence-corrected chi connectivity index (χ3v) is 5.78. The van der Waals surface area contributed by atoms with Crippen LogP contribution in [-0.4, -0.2) is 29.1 Å². The van der Waals surface area contributed by atoms with Crippen molar-refractivity contribution >= 4 is 0 Å². The highest BCUT2D eigenvalue weighted by atomic mass is 19.1. The monoisotopic (exact) mass is 406 g/mol. The van der Waals surface area contributed by atoms with Gasteiger partial charge in [-0.2, -0.15) is 0 Å². The molecule has 3 aromatic rings. The Labute approximate surface area is 176 Å². The van der Waals surface area contributed by atoms with Gasteiger partial charge in [0.2, 0.25) is 0 Å². The molecule has 1 fully saturated rings. The van der Waals surface area contributed by atoms with Crippen molar-refractivity contribution in [1.82, 2.24) is 4.90 Å². The summed E-state index contributed by atoms with van der Waals surface area (Å²) in [7, 11) is 0. The van der Waals surface area contributed by atoms with E-state index < -0.39 is 0 Å². The predicted octanol–water partition coefficient (Wildman–Crippen LogP) is 4.70. The number of likely N-dealkylation sites (tertiary alicyclic amines) is 1. The summed E-state index contributed by atoms with van der Waals surface area (Å²) in [5.41, 5.74) is 8.76. The van der Waals surface area contributed by atoms with Gasteiger partial charge in [0, 0.05) is 41.4 Å². The molecule has 0 spiro atoms. The zero-order valence-corrected chi connectivity index (χ0v) is 16.9. The van der Waals surface area contributed by atoms with Gasteiger partial charge in [0.1, 0.15) is 23.9 Å². The van der Waals surface area contributed by atoms with Crippen LogP contribution in [0.3, 0.4) is 0 Å². The number of phenols is 1. The number of phenolic OH excluding ortho intramolecular Hbond substituents is 1. The SMILES string of the molecule is NC[C@@H]1CCCN1Cc1cccc(-c2ccccc2OCc2ccccc2F)c1O. The van der Waals surface area contributed by atoms with Gasteiger partial charge < -0.3 is 15.6 Å². The van der Waals surface area contributed by atoms with E-state index in [1.54, 1.807) is 18.2 Å². The maximum Gasteiger partial charge on any atom is 0.129 e. The molecule has 0 unspecified atom stereocenters. The second-order valence-corrected chi connectivity index (χ2v) is 7.69. The number of para-hydroxylation sites is 2. The van der Waals surface area contributed by atoms with Gasteiger partial charge in [0.25, 0.3) is 0 Å². The fraction of sp³-hybridized carbons (Fsp3) is 0.280. The third-order valence-electron chi connectivity index (χ3n) is 5.78. The van der Waals surface area contributed by atoms with Crippen molar-refractivity contribution in [2.24, 2.45) is 5.73 Å². The molecule has 1 heterocycles. The lowest BCUT2D eigenvalue weighted by atomic mass is 10.00. The van der Waals surface area contributed by atoms with E-state index in [0.717, 1.165) is 30.5 Å². The number of benzene rings is 3. The number of ether oxygens (including phenoxy) is 1. The molecule has 3 N–H and O–H groups in total. The van der Waals surface area contributed by atoms with Gasteiger partial charge in [0.15, 0.2) is 0 Å². The molecular formula is C25H27FN2O2. The van der Waals surface area contributed by atoms with Crippen LogP contribution in [0.5, 0.6) is 11.5 Å². The lowest BCUT2D eigenvalue weighted by Crippen LogP contribution is -2.34. The standard InChI is InChI=1S/C25H27FN2O2/c26-23-12-3-1-7-19(23)17-30-24-13-4-2-10-21(24)22-11-5-8-18(25(22)29)16-28-14-6-9-20(28)15-27/h1-5,7-8,10-13,20,29H,6,9,14-17,27H2/t20-/m0/s1. The molecule has 4 rings (SSSR count). The van der Waals surface area contributed by atoms with E-state index in [4.69, 9.17) is 10.5 Å². The summed E-state index contributed by atoms with van der Waals surface area (Å²) in [6.45, 7) is 2.41. The van der Waals surface area contributed by atoms with E-state index in [-0.39, 0.29) is 18.2 Å². The van der Waals surface area contributed by atoms with E-state index in [1.165, 1.54) is 6.07 Å². The smallest absolute Gasteiger partial charge is 0.129 e. The lowest BCUT2D eigenvalue weighted by molar-refractivity contribution is 0.247. The zero-order valence-electron chi connectivity index (χ0n) is 16.9. The molecule has 1 aliphatic heterocycles. The summed E-state index contributed by atoms with van der Waals surface area (Å²) >= 11 is 0. The van der Waals surface area contributed by atoms with E-state index in [1.807, 2.05) is 42.5 Å². The maximum absolute atomic E-state index is 14.0. The summed E-state index contributed by atoms with van der Waals surface area (Å²) in [6, 6.07) is 20.3. The summed E-state index contributed by atoms with van der Waals surface area (Å²) < 4.78 is 19.9. The first-order valence-electron chi connectivity index (χ1n) is 10.4. The van der Waals surface area contributed by atoms with Crippen LogP contribution < -0.4 is 10.5 Å². The highest BCUT2D eigenvalue weighted by molar-refractivity contribution is 5.76. The van der Waals surface area contributed by atoms with Gasteiger partial charge in [0.05, 0.1) is 0 Å². The quantitative estimate of drug-likeness (QED) is 0.597. The van der Waals surface area contributed by atoms with E-state index >= 15 is 0 Å². The number of nitrogens with two attached hydrogens (primary N) is 1. The van der Waals surface area contributed by atoms with Crippen LogP contribution in [0.15, 0.2) is 66.7 Å². The predicted molar refractivity (Wildman–Crippen MR) is 117 cm³/mol. The fourth-order valence-corrected chi connectivity index (χ4v) is 4.11. The third kappa shape index (κ3) is 4.32. The first-order valence-corrected chi connectivity index (χ1v) is 10.4. The second-order valence-electron chi connectivity index (χ2n) is 7.69. The Kier molecular flexibility index (Phi) is 6.31. The van der Waals surface area contributed by atoms with E-state index in [9.17, 15) is 9.50 Å². The Morgan fingerprint density at radius 3 is 2.53 bits per heavy atom. The highest BCUT2D eigenvalue weighted by Crippen LogP contribution is 2.38. The van der Waals surface area contributed by atoms with Crippen molar-refractivity contribution in [3.05, 3.63) is 83.7 Å². The second kappa shape index (κ2) is 9.28. The molecule has 0 amide bonds. The van der Waals surface area contributed by atoms with Crippen molar-refractivity contribution in [3.8, 4) is 22.6 Å². The number of aromatic hydroxyl groups is 1. The summed E-state index contributed by atoms with van der Waals surface area (Å²) in [4.78, 5) is 2.33. The van der Waals surface area contributed by atoms with Gasteiger partial charge in [-0.05, 0) is 31.5 Å². The highest BCUT2D eigenvalue weighted by Gasteiger charge is 2.24. The van der Waals surface area contributed by atoms with Crippen LogP contribution in [0.25, 0.3) is 11.1 Å². The Morgan fingerprint density at radius 1 is 0.967 bits per heavy atom. The molecule has 1 aliphatic rings. The minimum Gasteiger partial charge on any atom is -0.507 e. The molecule has 0 saturated carbocycles. The normalized spacial score (nSPS) is 16.7. The summed E-state index contributed by atoms with van der Waals surface area (Å²) in [5, 5.41) is 11.0. The molecule has 1 saturated heterocycles. The fourth-order valence-electron chi connectivity index (χ4n) is 4.11. The molecule has 156 valence electrons. The Balaban J connectivity index is 1.59. The van der Waals surface area contributed by atoms with Crippen LogP contribution in [-0.2, 0) is 13.2 Å². The number of nitrogens with zero attached hydrogens (tertiary/aromatic N) is 1. The molecule has 0 aromatic heterocycles. The Hall–Kier alpha value is -2.89. The lowest BCUT2D eigenvalue weighted by Gasteiger charge is -2.24. The van der Waals surface area contributed by atoms with Crippen LogP contribution in [0, 0.1) is 5.82 Å². The molecule has 4 nitrogen and oxygen atoms in total. The van der Waals surface area contributed by atoms with Crippen LogP contribution in [0.1, 0.15) is 24.0 Å². The van der Waals surface area contributed by atoms with Crippen LogP contribution >= 0.6 is 0 Å². The zero-order chi connectivity index (χ0) is 20.9. The van der Waals surface area contributed by atoms with Crippen LogP contribution in [0.2, 0.25) is 0 Å². The molecule has 30 heavy (non-hydrogen) atoms. The van der Waals surface area contributed by atoms with Gasteiger partial charge in [-0.15, -0.1) is 0 Å². The van der Waals surface area contributed by atoms with Gasteiger partial charge in [-0.25, -0.2) is 4.39 Å². The summed E-state index contributed by atoms with van der Waals surface area (Å²) in [6.07, 6.45) is 2.23. The number of rotatable bonds is 7. The average Bonchev–Trinajstić information content (AvgIpc) is 3.22. The van der Waals surface area contributed by atoms with Crippen molar-refractivity contribution in [1.29, 1.82) is 0 Å². The first kappa shape index (κ1) is 20.4. The number of hydrogen-bond acceptors (Lipinski definition) is 4. The van der Waals surface area contributed by atoms with Crippen LogP contribution in [0.4, 0.5) is 4.39 Å². The molecule has 1 atom stereocenters. The average molecular weight is 407 g/mol. The Morgan fingerprint density at radius 2 is 1.70 bits per heavy atom. The molecular weight excluding hydrogens is 379 g/mol. The van der Waals surface area contributed by atoms with Gasteiger partial charge in [-0.1, -0.05) is 54.6 Å². The number of halogens is 1. The largest absolute Gasteiger partial charge is 0.507 e. The van der Waals surface area contributed by atoms with Gasteiger partial charge >= 0.3 is 0 Å². The van der Waals surface area contributed by atoms with Crippen molar-refractivity contribution in [3.63, 3.8) is 0 Å². The minimum absolute atomic E-state index is 0.121. The molecule has 0 bridgehead atoms. The van der Waals surface area contributed by atoms with Crippen molar-refractivity contribution < 1.29 is 14.2 Å². The molecule has 0 radical (unpaired) electrons. The van der Waals surface area contributed by atoms with E-state index in [2.05, 4.69) is 4.90 Å². The topological polar surface area (TPSA) is 58.7 Å². The molecule has 3 aromatic carbocycles. The molecule has 0 aliphatic carbocycles. The number of hydrogen-bond donors (Lipinski definition) is 2. The molecule has 5 heteroatoms. The van der Waals surface area contributed by atoms with Crippen molar-refractivity contribution in [2.75, 3.05) is 13.1 Å². The summed E-state index contributed by atoms with van der Waals surface area (Å²) in [5.74, 6) is 0.566. The van der Waals surface area contributed by atoms with E-state index in [0.29, 0.717) is 36.0 Å². The Bertz CT molecular complexity index is 1010. The van der Waals surface area contributed by atoms with Crippen molar-refractivity contribution in [2.45, 2.75) is 32.0 Å². The van der Waals surface area contributed by atoms with Gasteiger partial charge in [-0.3, -0.25) is 4.90 Å². The minimum atomic E-state index is -0.292. The maximum atomic E-state index is 14.0. The first-order chi connectivity index (χ1) is 14.7.